The van der Waals surface area contributed by atoms with Gasteiger partial charge >= 0.3 is 0 Å². The van der Waals surface area contributed by atoms with E-state index in [1.807, 2.05) is 29.2 Å². The summed E-state index contributed by atoms with van der Waals surface area (Å²) < 4.78 is 0. The summed E-state index contributed by atoms with van der Waals surface area (Å²) in [6.07, 6.45) is 5.61. The first-order valence-corrected chi connectivity index (χ1v) is 8.59. The van der Waals surface area contributed by atoms with Crippen LogP contribution in [0.2, 0.25) is 5.02 Å². The standard InChI is InChI=1S/C18H19ClN4O2/c19-15-3-1-2-14(12-15)4-5-17(24)22-8-10-23(11-9-22)18(25)16-13-20-6-7-21-16/h1-3,6-7,12-13H,4-5,8-11H2. The van der Waals surface area contributed by atoms with E-state index in [1.54, 1.807) is 4.90 Å². The fraction of sp³-hybridized carbons (Fsp3) is 0.333. The number of amides is 2. The molecule has 0 unspecified atom stereocenters. The van der Waals surface area contributed by atoms with Crippen LogP contribution in [0, 0.1) is 0 Å². The highest BCUT2D eigenvalue weighted by Gasteiger charge is 2.25. The molecule has 2 amide bonds. The number of aryl methyl sites for hydroxylation is 1. The Labute approximate surface area is 151 Å². The number of carbonyl (C=O) groups is 2. The molecule has 0 radical (unpaired) electrons. The summed E-state index contributed by atoms with van der Waals surface area (Å²) >= 11 is 5.96. The first kappa shape index (κ1) is 17.4. The van der Waals surface area contributed by atoms with E-state index in [9.17, 15) is 9.59 Å². The highest BCUT2D eigenvalue weighted by Crippen LogP contribution is 2.14. The first-order chi connectivity index (χ1) is 12.1. The number of hydrogen-bond donors (Lipinski definition) is 0. The van der Waals surface area contributed by atoms with Gasteiger partial charge in [-0.05, 0) is 24.1 Å². The molecule has 1 aliphatic heterocycles. The third-order valence-electron chi connectivity index (χ3n) is 4.22. The van der Waals surface area contributed by atoms with E-state index in [4.69, 9.17) is 11.6 Å². The third kappa shape index (κ3) is 4.54. The minimum Gasteiger partial charge on any atom is -0.339 e. The van der Waals surface area contributed by atoms with Crippen LogP contribution in [0.3, 0.4) is 0 Å². The lowest BCUT2D eigenvalue weighted by Crippen LogP contribution is -2.50. The van der Waals surface area contributed by atoms with Crippen molar-refractivity contribution in [2.24, 2.45) is 0 Å². The quantitative estimate of drug-likeness (QED) is 0.839. The second kappa shape index (κ2) is 8.07. The minimum absolute atomic E-state index is 0.103. The molecule has 0 N–H and O–H groups in total. The molecule has 7 heteroatoms. The fourth-order valence-electron chi connectivity index (χ4n) is 2.83. The van der Waals surface area contributed by atoms with Crippen molar-refractivity contribution in [2.75, 3.05) is 26.2 Å². The zero-order valence-electron chi connectivity index (χ0n) is 13.8. The van der Waals surface area contributed by atoms with Crippen LogP contribution in [0.5, 0.6) is 0 Å². The minimum atomic E-state index is -0.140. The number of carbonyl (C=O) groups excluding carboxylic acids is 2. The molecule has 3 rings (SSSR count). The molecule has 0 aliphatic carbocycles. The summed E-state index contributed by atoms with van der Waals surface area (Å²) in [6, 6.07) is 7.56. The molecule has 0 bridgehead atoms. The topological polar surface area (TPSA) is 66.4 Å². The predicted molar refractivity (Wildman–Crippen MR) is 94.3 cm³/mol. The van der Waals surface area contributed by atoms with Crippen LogP contribution in [0.4, 0.5) is 0 Å². The van der Waals surface area contributed by atoms with Crippen LogP contribution < -0.4 is 0 Å². The van der Waals surface area contributed by atoms with E-state index in [2.05, 4.69) is 9.97 Å². The van der Waals surface area contributed by atoms with Gasteiger partial charge in [-0.1, -0.05) is 23.7 Å². The monoisotopic (exact) mass is 358 g/mol. The summed E-state index contributed by atoms with van der Waals surface area (Å²) in [7, 11) is 0. The molecule has 1 aromatic carbocycles. The lowest BCUT2D eigenvalue weighted by atomic mass is 10.1. The number of piperazine rings is 1. The van der Waals surface area contributed by atoms with Gasteiger partial charge in [-0.2, -0.15) is 0 Å². The van der Waals surface area contributed by atoms with Crippen molar-refractivity contribution in [3.8, 4) is 0 Å². The molecule has 1 aliphatic rings. The second-order valence-electron chi connectivity index (χ2n) is 5.89. The van der Waals surface area contributed by atoms with Gasteiger partial charge in [-0.25, -0.2) is 4.98 Å². The molecule has 0 atom stereocenters. The Morgan fingerprint density at radius 1 is 1.08 bits per heavy atom. The summed E-state index contributed by atoms with van der Waals surface area (Å²) in [5.41, 5.74) is 1.39. The van der Waals surface area contributed by atoms with E-state index in [-0.39, 0.29) is 11.8 Å². The van der Waals surface area contributed by atoms with Crippen LogP contribution in [-0.2, 0) is 11.2 Å². The van der Waals surface area contributed by atoms with Gasteiger partial charge in [0.25, 0.3) is 5.91 Å². The number of nitrogens with zero attached hydrogens (tertiary/aromatic N) is 4. The van der Waals surface area contributed by atoms with E-state index < -0.39 is 0 Å². The smallest absolute Gasteiger partial charge is 0.274 e. The van der Waals surface area contributed by atoms with Crippen LogP contribution in [0.15, 0.2) is 42.9 Å². The van der Waals surface area contributed by atoms with E-state index in [0.717, 1.165) is 5.56 Å². The van der Waals surface area contributed by atoms with E-state index >= 15 is 0 Å². The van der Waals surface area contributed by atoms with Gasteiger partial charge in [0.15, 0.2) is 0 Å². The van der Waals surface area contributed by atoms with Crippen LogP contribution in [0.25, 0.3) is 0 Å². The molecule has 1 fully saturated rings. The Kier molecular flexibility index (Phi) is 5.60. The van der Waals surface area contributed by atoms with Crippen molar-refractivity contribution in [3.05, 3.63) is 59.1 Å². The predicted octanol–water partition coefficient (Wildman–Crippen LogP) is 2.05. The lowest BCUT2D eigenvalue weighted by Gasteiger charge is -2.34. The summed E-state index contributed by atoms with van der Waals surface area (Å²) in [5.74, 6) is -0.0364. The normalized spacial score (nSPS) is 14.4. The number of rotatable bonds is 4. The molecule has 25 heavy (non-hydrogen) atoms. The zero-order valence-corrected chi connectivity index (χ0v) is 14.5. The number of benzene rings is 1. The van der Waals surface area contributed by atoms with Crippen molar-refractivity contribution in [1.29, 1.82) is 0 Å². The van der Waals surface area contributed by atoms with Gasteiger partial charge < -0.3 is 9.80 Å². The third-order valence-corrected chi connectivity index (χ3v) is 4.45. The average molecular weight is 359 g/mol. The van der Waals surface area contributed by atoms with Crippen molar-refractivity contribution in [3.63, 3.8) is 0 Å². The highest BCUT2D eigenvalue weighted by atomic mass is 35.5. The number of halogens is 1. The fourth-order valence-corrected chi connectivity index (χ4v) is 3.05. The van der Waals surface area contributed by atoms with Gasteiger partial charge in [-0.3, -0.25) is 14.6 Å². The molecule has 2 aromatic rings. The Morgan fingerprint density at radius 3 is 2.52 bits per heavy atom. The van der Waals surface area contributed by atoms with Crippen molar-refractivity contribution in [1.82, 2.24) is 19.8 Å². The molecule has 2 heterocycles. The van der Waals surface area contributed by atoms with Crippen LogP contribution in [0.1, 0.15) is 22.5 Å². The summed E-state index contributed by atoms with van der Waals surface area (Å²) in [5, 5.41) is 0.682. The Balaban J connectivity index is 1.48. The van der Waals surface area contributed by atoms with Gasteiger partial charge in [0.2, 0.25) is 5.91 Å². The van der Waals surface area contributed by atoms with Gasteiger partial charge in [-0.15, -0.1) is 0 Å². The highest BCUT2D eigenvalue weighted by molar-refractivity contribution is 6.30. The van der Waals surface area contributed by atoms with Crippen molar-refractivity contribution >= 4 is 23.4 Å². The van der Waals surface area contributed by atoms with Gasteiger partial charge in [0, 0.05) is 50.0 Å². The Bertz CT molecular complexity index is 746. The van der Waals surface area contributed by atoms with E-state index in [0.29, 0.717) is 49.7 Å². The van der Waals surface area contributed by atoms with E-state index in [1.165, 1.54) is 18.6 Å². The molecule has 0 spiro atoms. The maximum atomic E-state index is 12.4. The van der Waals surface area contributed by atoms with Gasteiger partial charge in [0.05, 0.1) is 6.20 Å². The second-order valence-corrected chi connectivity index (χ2v) is 6.33. The zero-order chi connectivity index (χ0) is 17.6. The maximum Gasteiger partial charge on any atom is 0.274 e. The Morgan fingerprint density at radius 2 is 1.84 bits per heavy atom. The van der Waals surface area contributed by atoms with Crippen LogP contribution >= 0.6 is 11.6 Å². The largest absolute Gasteiger partial charge is 0.339 e. The molecule has 1 saturated heterocycles. The molecule has 1 aromatic heterocycles. The maximum absolute atomic E-state index is 12.4. The number of aromatic nitrogens is 2. The number of hydrogen-bond acceptors (Lipinski definition) is 4. The average Bonchev–Trinajstić information content (AvgIpc) is 2.66. The summed E-state index contributed by atoms with van der Waals surface area (Å²) in [4.78, 5) is 36.2. The van der Waals surface area contributed by atoms with Crippen molar-refractivity contribution < 1.29 is 9.59 Å². The lowest BCUT2D eigenvalue weighted by molar-refractivity contribution is -0.132. The molecular formula is C18H19ClN4O2. The Hall–Kier alpha value is -2.47. The van der Waals surface area contributed by atoms with Crippen LogP contribution in [-0.4, -0.2) is 57.8 Å². The summed E-state index contributed by atoms with van der Waals surface area (Å²) in [6.45, 7) is 2.11. The van der Waals surface area contributed by atoms with Crippen molar-refractivity contribution in [2.45, 2.75) is 12.8 Å². The SMILES string of the molecule is O=C(CCc1cccc(Cl)c1)N1CCN(C(=O)c2cnccn2)CC1. The molecule has 6 nitrogen and oxygen atoms in total. The van der Waals surface area contributed by atoms with Gasteiger partial charge in [0.1, 0.15) is 5.69 Å². The molecule has 130 valence electrons. The molecule has 0 saturated carbocycles. The first-order valence-electron chi connectivity index (χ1n) is 8.21. The molecular weight excluding hydrogens is 340 g/mol.